The van der Waals surface area contributed by atoms with Crippen LogP contribution >= 0.6 is 11.8 Å². The predicted octanol–water partition coefficient (Wildman–Crippen LogP) is 1.53. The Hall–Kier alpha value is -3.77. The molecule has 174 valence electrons. The lowest BCUT2D eigenvalue weighted by atomic mass is 10.2. The van der Waals surface area contributed by atoms with Crippen LogP contribution in [0.15, 0.2) is 40.0 Å². The summed E-state index contributed by atoms with van der Waals surface area (Å²) in [4.78, 5) is 54.6. The number of fused-ring (bicyclic) bond motifs is 1. The Morgan fingerprint density at radius 1 is 1.12 bits per heavy atom. The maximum Gasteiger partial charge on any atom is 0.290 e. The zero-order chi connectivity index (χ0) is 23.5. The molecule has 1 aromatic carbocycles. The number of rotatable bonds is 6. The van der Waals surface area contributed by atoms with Crippen molar-refractivity contribution in [1.29, 1.82) is 0 Å². The fraction of sp³-hybridized carbons (Fsp3) is 0.273. The Labute approximate surface area is 198 Å². The van der Waals surface area contributed by atoms with Gasteiger partial charge in [-0.15, -0.1) is 0 Å². The van der Waals surface area contributed by atoms with Crippen molar-refractivity contribution in [3.8, 4) is 0 Å². The maximum absolute atomic E-state index is 12.3. The van der Waals surface area contributed by atoms with Gasteiger partial charge in [0.25, 0.3) is 16.7 Å². The van der Waals surface area contributed by atoms with Gasteiger partial charge in [-0.2, -0.15) is 4.98 Å². The molecule has 2 aliphatic rings. The summed E-state index contributed by atoms with van der Waals surface area (Å²) in [6.45, 7) is 2.98. The van der Waals surface area contributed by atoms with Gasteiger partial charge in [0.05, 0.1) is 34.7 Å². The molecule has 0 atom stereocenters. The molecule has 34 heavy (non-hydrogen) atoms. The van der Waals surface area contributed by atoms with Gasteiger partial charge in [0.2, 0.25) is 5.95 Å². The van der Waals surface area contributed by atoms with Crippen molar-refractivity contribution in [2.24, 2.45) is 0 Å². The lowest BCUT2D eigenvalue weighted by Crippen LogP contribution is -2.37. The zero-order valence-electron chi connectivity index (χ0n) is 18.0. The van der Waals surface area contributed by atoms with Crippen LogP contribution < -0.4 is 21.1 Å². The number of amides is 2. The van der Waals surface area contributed by atoms with Crippen molar-refractivity contribution in [2.75, 3.05) is 43.1 Å². The highest BCUT2D eigenvalue weighted by atomic mass is 32.2. The van der Waals surface area contributed by atoms with E-state index >= 15 is 0 Å². The number of nitrogens with zero attached hydrogens (tertiary/aromatic N) is 4. The molecule has 2 aliphatic heterocycles. The van der Waals surface area contributed by atoms with Crippen LogP contribution in [-0.4, -0.2) is 63.9 Å². The minimum Gasteiger partial charge on any atom is -0.378 e. The number of benzene rings is 1. The van der Waals surface area contributed by atoms with Crippen LogP contribution in [0.4, 0.5) is 16.6 Å². The number of morpholine rings is 1. The van der Waals surface area contributed by atoms with E-state index in [1.807, 2.05) is 6.07 Å². The first kappa shape index (κ1) is 22.0. The van der Waals surface area contributed by atoms with Gasteiger partial charge in [-0.25, -0.2) is 9.97 Å². The Bertz CT molecular complexity index is 1350. The van der Waals surface area contributed by atoms with Crippen molar-refractivity contribution < 1.29 is 14.3 Å². The number of imide groups is 1. The molecule has 0 saturated carbocycles. The standard InChI is InChI=1S/C22H21N7O4S/c30-19-14-3-1-2-4-15(14)25-17(26-19)5-6-23-21-24-13(11-16-20(31)28-22(32)34-16)12-18(27-21)29-7-9-33-10-8-29/h1-4,11-12H,5-10H2,(H,23,24,27)(H,25,26,30)(H,28,31,32). The molecule has 2 aromatic heterocycles. The topological polar surface area (TPSA) is 142 Å². The number of nitrogens with one attached hydrogen (secondary N) is 3. The van der Waals surface area contributed by atoms with Crippen LogP contribution in [0, 0.1) is 0 Å². The predicted molar refractivity (Wildman–Crippen MR) is 129 cm³/mol. The van der Waals surface area contributed by atoms with Crippen LogP contribution in [0.5, 0.6) is 0 Å². The van der Waals surface area contributed by atoms with E-state index in [1.165, 1.54) is 0 Å². The van der Waals surface area contributed by atoms with E-state index in [0.717, 1.165) is 11.8 Å². The zero-order valence-corrected chi connectivity index (χ0v) is 18.9. The van der Waals surface area contributed by atoms with E-state index in [4.69, 9.17) is 4.74 Å². The summed E-state index contributed by atoms with van der Waals surface area (Å²) in [5.41, 5.74) is 0.966. The highest BCUT2D eigenvalue weighted by Crippen LogP contribution is 2.26. The van der Waals surface area contributed by atoms with Crippen molar-refractivity contribution in [3.05, 3.63) is 57.1 Å². The normalized spacial score (nSPS) is 17.4. The molecule has 0 aliphatic carbocycles. The molecule has 11 nitrogen and oxygen atoms in total. The smallest absolute Gasteiger partial charge is 0.290 e. The molecule has 0 spiro atoms. The largest absolute Gasteiger partial charge is 0.378 e. The molecule has 2 amide bonds. The number of hydrogen-bond donors (Lipinski definition) is 3. The molecule has 12 heteroatoms. The molecule has 2 saturated heterocycles. The number of H-pyrrole nitrogens is 1. The summed E-state index contributed by atoms with van der Waals surface area (Å²) >= 11 is 0.838. The van der Waals surface area contributed by atoms with E-state index in [-0.39, 0.29) is 10.5 Å². The summed E-state index contributed by atoms with van der Waals surface area (Å²) in [6.07, 6.45) is 2.03. The average molecular weight is 480 g/mol. The third-order valence-electron chi connectivity index (χ3n) is 5.30. The summed E-state index contributed by atoms with van der Waals surface area (Å²) in [7, 11) is 0. The summed E-state index contributed by atoms with van der Waals surface area (Å²) < 4.78 is 5.43. The first-order chi connectivity index (χ1) is 16.5. The first-order valence-electron chi connectivity index (χ1n) is 10.7. The second-order valence-electron chi connectivity index (χ2n) is 7.63. The number of ether oxygens (including phenoxy) is 1. The maximum atomic E-state index is 12.3. The van der Waals surface area contributed by atoms with Gasteiger partial charge in [-0.3, -0.25) is 19.7 Å². The number of carbonyl (C=O) groups is 2. The van der Waals surface area contributed by atoms with E-state index in [0.29, 0.717) is 73.5 Å². The van der Waals surface area contributed by atoms with Crippen LogP contribution in [-0.2, 0) is 16.0 Å². The van der Waals surface area contributed by atoms with Gasteiger partial charge in [0.15, 0.2) is 0 Å². The second kappa shape index (κ2) is 9.61. The second-order valence-corrected chi connectivity index (χ2v) is 8.65. The fourth-order valence-corrected chi connectivity index (χ4v) is 4.33. The van der Waals surface area contributed by atoms with Gasteiger partial charge in [-0.1, -0.05) is 12.1 Å². The van der Waals surface area contributed by atoms with E-state index in [1.54, 1.807) is 30.3 Å². The van der Waals surface area contributed by atoms with Crippen LogP contribution in [0.2, 0.25) is 0 Å². The molecule has 0 unspecified atom stereocenters. The van der Waals surface area contributed by atoms with Crippen LogP contribution in [0.1, 0.15) is 11.5 Å². The molecular formula is C22H21N7O4S. The first-order valence-corrected chi connectivity index (χ1v) is 11.6. The number of aromatic amines is 1. The van der Waals surface area contributed by atoms with E-state index < -0.39 is 11.1 Å². The lowest BCUT2D eigenvalue weighted by molar-refractivity contribution is -0.115. The minimum absolute atomic E-state index is 0.179. The van der Waals surface area contributed by atoms with Crippen molar-refractivity contribution in [3.63, 3.8) is 0 Å². The molecule has 0 bridgehead atoms. The Kier molecular flexibility index (Phi) is 6.23. The molecule has 5 rings (SSSR count). The minimum atomic E-state index is -0.442. The molecule has 3 N–H and O–H groups in total. The number of aromatic nitrogens is 4. The average Bonchev–Trinajstić information content (AvgIpc) is 3.16. The molecule has 4 heterocycles. The third-order valence-corrected chi connectivity index (χ3v) is 6.11. The highest BCUT2D eigenvalue weighted by molar-refractivity contribution is 8.18. The monoisotopic (exact) mass is 479 g/mol. The fourth-order valence-electron chi connectivity index (χ4n) is 3.66. The quantitative estimate of drug-likeness (QED) is 0.446. The summed E-state index contributed by atoms with van der Waals surface area (Å²) in [6, 6.07) is 8.96. The van der Waals surface area contributed by atoms with Gasteiger partial charge < -0.3 is 19.9 Å². The van der Waals surface area contributed by atoms with Gasteiger partial charge >= 0.3 is 0 Å². The lowest BCUT2D eigenvalue weighted by Gasteiger charge is -2.28. The molecular weight excluding hydrogens is 458 g/mol. The summed E-state index contributed by atoms with van der Waals surface area (Å²) in [5.74, 6) is 1.18. The Balaban J connectivity index is 1.37. The van der Waals surface area contributed by atoms with Crippen molar-refractivity contribution >= 4 is 51.7 Å². The molecule has 3 aromatic rings. The molecule has 0 radical (unpaired) electrons. The van der Waals surface area contributed by atoms with Gasteiger partial charge in [0.1, 0.15) is 11.6 Å². The Morgan fingerprint density at radius 3 is 2.74 bits per heavy atom. The number of hydrogen-bond acceptors (Lipinski definition) is 10. The van der Waals surface area contributed by atoms with Gasteiger partial charge in [-0.05, 0) is 30.0 Å². The summed E-state index contributed by atoms with van der Waals surface area (Å²) in [5, 5.41) is 5.56. The highest BCUT2D eigenvalue weighted by Gasteiger charge is 2.25. The Morgan fingerprint density at radius 2 is 1.94 bits per heavy atom. The van der Waals surface area contributed by atoms with E-state index in [2.05, 4.69) is 35.5 Å². The van der Waals surface area contributed by atoms with Crippen molar-refractivity contribution in [2.45, 2.75) is 6.42 Å². The third kappa shape index (κ3) is 4.92. The number of para-hydroxylation sites is 1. The number of carbonyl (C=O) groups excluding carboxylic acids is 2. The molecule has 2 fully saturated rings. The number of thioether (sulfide) groups is 1. The van der Waals surface area contributed by atoms with Crippen molar-refractivity contribution in [1.82, 2.24) is 25.3 Å². The SMILES string of the molecule is O=C1NC(=O)C(=Cc2cc(N3CCOCC3)nc(NCCc3nc4ccccc4c(=O)[nH]3)n2)S1. The van der Waals surface area contributed by atoms with Crippen LogP contribution in [0.25, 0.3) is 17.0 Å². The van der Waals surface area contributed by atoms with Crippen LogP contribution in [0.3, 0.4) is 0 Å². The number of anilines is 2. The van der Waals surface area contributed by atoms with Gasteiger partial charge in [0, 0.05) is 32.1 Å². The van der Waals surface area contributed by atoms with E-state index in [9.17, 15) is 14.4 Å².